The number of nitrogens with one attached hydrogen (secondary N) is 1. The molecular formula is C8H11BrClN3O. The molecule has 0 aliphatic heterocycles. The Labute approximate surface area is 96.2 Å². The Morgan fingerprint density at radius 2 is 2.43 bits per heavy atom. The number of anilines is 1. The number of hydrogen-bond donors (Lipinski definition) is 1. The van der Waals surface area contributed by atoms with Gasteiger partial charge in [0.05, 0.1) is 17.8 Å². The summed E-state index contributed by atoms with van der Waals surface area (Å²) in [5.74, 6) is 1.70. The Morgan fingerprint density at radius 3 is 3.07 bits per heavy atom. The Balaban J connectivity index is 2.60. The quantitative estimate of drug-likeness (QED) is 0.664. The van der Waals surface area contributed by atoms with Crippen LogP contribution in [0.15, 0.2) is 10.7 Å². The zero-order valence-electron chi connectivity index (χ0n) is 7.76. The van der Waals surface area contributed by atoms with Gasteiger partial charge in [0.2, 0.25) is 11.8 Å². The van der Waals surface area contributed by atoms with Crippen molar-refractivity contribution in [1.29, 1.82) is 0 Å². The number of alkyl halides is 1. The highest BCUT2D eigenvalue weighted by Crippen LogP contribution is 2.21. The average Bonchev–Trinajstić information content (AvgIpc) is 2.21. The molecule has 1 N–H and O–H groups in total. The molecule has 0 aliphatic rings. The monoisotopic (exact) mass is 279 g/mol. The number of nitrogens with zero attached hydrogens (tertiary/aromatic N) is 2. The average molecular weight is 281 g/mol. The van der Waals surface area contributed by atoms with Gasteiger partial charge in [0.25, 0.3) is 0 Å². The first kappa shape index (κ1) is 11.5. The highest BCUT2D eigenvalue weighted by atomic mass is 79.9. The lowest BCUT2D eigenvalue weighted by Crippen LogP contribution is -2.06. The molecule has 0 aliphatic carbocycles. The zero-order chi connectivity index (χ0) is 10.4. The van der Waals surface area contributed by atoms with Crippen molar-refractivity contribution in [2.75, 3.05) is 24.9 Å². The zero-order valence-corrected chi connectivity index (χ0v) is 10.1. The third kappa shape index (κ3) is 3.31. The van der Waals surface area contributed by atoms with E-state index in [-0.39, 0.29) is 0 Å². The highest BCUT2D eigenvalue weighted by Gasteiger charge is 2.03. The van der Waals surface area contributed by atoms with Gasteiger partial charge in [-0.1, -0.05) is 0 Å². The van der Waals surface area contributed by atoms with Crippen molar-refractivity contribution in [3.05, 3.63) is 10.7 Å². The van der Waals surface area contributed by atoms with E-state index >= 15 is 0 Å². The van der Waals surface area contributed by atoms with Crippen molar-refractivity contribution in [3.63, 3.8) is 0 Å². The Hall–Kier alpha value is -0.550. The lowest BCUT2D eigenvalue weighted by Gasteiger charge is -2.05. The van der Waals surface area contributed by atoms with Crippen LogP contribution < -0.4 is 10.1 Å². The Morgan fingerprint density at radius 1 is 1.64 bits per heavy atom. The van der Waals surface area contributed by atoms with Crippen LogP contribution in [0.5, 0.6) is 5.88 Å². The van der Waals surface area contributed by atoms with Gasteiger partial charge >= 0.3 is 0 Å². The summed E-state index contributed by atoms with van der Waals surface area (Å²) in [6.07, 6.45) is 2.53. The van der Waals surface area contributed by atoms with Gasteiger partial charge in [-0.3, -0.25) is 0 Å². The molecule has 0 bridgehead atoms. The number of methoxy groups -OCH3 is 1. The summed E-state index contributed by atoms with van der Waals surface area (Å²) in [5.41, 5.74) is 0. The molecule has 1 rings (SSSR count). The van der Waals surface area contributed by atoms with Gasteiger partial charge in [0.15, 0.2) is 0 Å². The summed E-state index contributed by atoms with van der Waals surface area (Å²) in [6.45, 7) is 0.758. The minimum atomic E-state index is 0.522. The lowest BCUT2D eigenvalue weighted by atomic mass is 10.5. The summed E-state index contributed by atoms with van der Waals surface area (Å²) < 4.78 is 5.77. The molecule has 0 atom stereocenters. The van der Waals surface area contributed by atoms with Crippen molar-refractivity contribution in [2.24, 2.45) is 0 Å². The third-order valence-corrected chi connectivity index (χ3v) is 2.31. The molecule has 0 aromatic carbocycles. The molecule has 1 aromatic heterocycles. The van der Waals surface area contributed by atoms with E-state index < -0.39 is 0 Å². The molecule has 78 valence electrons. The predicted molar refractivity (Wildman–Crippen MR) is 60.1 cm³/mol. The highest BCUT2D eigenvalue weighted by molar-refractivity contribution is 9.10. The van der Waals surface area contributed by atoms with Crippen LogP contribution in [0.4, 0.5) is 5.95 Å². The smallest absolute Gasteiger partial charge is 0.232 e. The molecule has 14 heavy (non-hydrogen) atoms. The number of halogens is 2. The fourth-order valence-corrected chi connectivity index (χ4v) is 1.33. The van der Waals surface area contributed by atoms with Gasteiger partial charge in [-0.2, -0.15) is 4.98 Å². The van der Waals surface area contributed by atoms with Crippen molar-refractivity contribution in [1.82, 2.24) is 9.97 Å². The van der Waals surface area contributed by atoms with Crippen LogP contribution in [0.3, 0.4) is 0 Å². The van der Waals surface area contributed by atoms with E-state index in [0.717, 1.165) is 17.4 Å². The van der Waals surface area contributed by atoms with Gasteiger partial charge < -0.3 is 10.1 Å². The van der Waals surface area contributed by atoms with E-state index in [2.05, 4.69) is 31.2 Å². The second-order valence-electron chi connectivity index (χ2n) is 2.52. The van der Waals surface area contributed by atoms with Crippen LogP contribution in [0.25, 0.3) is 0 Å². The van der Waals surface area contributed by atoms with Crippen molar-refractivity contribution in [3.8, 4) is 5.88 Å². The maximum Gasteiger partial charge on any atom is 0.232 e. The van der Waals surface area contributed by atoms with E-state index in [9.17, 15) is 0 Å². The summed E-state index contributed by atoms with van der Waals surface area (Å²) in [5, 5.41) is 3.04. The van der Waals surface area contributed by atoms with Crippen LogP contribution in [-0.2, 0) is 0 Å². The van der Waals surface area contributed by atoms with Crippen LogP contribution in [-0.4, -0.2) is 29.5 Å². The standard InChI is InChI=1S/C8H11BrClN3O/c1-14-7-6(9)5-12-8(13-7)11-4-2-3-10/h5H,2-4H2,1H3,(H,11,12,13). The lowest BCUT2D eigenvalue weighted by molar-refractivity contribution is 0.394. The number of ether oxygens (including phenoxy) is 1. The second kappa shape index (κ2) is 6.03. The molecule has 0 amide bonds. The normalized spacial score (nSPS) is 9.93. The fourth-order valence-electron chi connectivity index (χ4n) is 0.847. The summed E-state index contributed by atoms with van der Waals surface area (Å²) in [7, 11) is 1.57. The topological polar surface area (TPSA) is 47.0 Å². The first-order valence-corrected chi connectivity index (χ1v) is 5.47. The van der Waals surface area contributed by atoms with Crippen molar-refractivity contribution in [2.45, 2.75) is 6.42 Å². The van der Waals surface area contributed by atoms with E-state index in [0.29, 0.717) is 17.7 Å². The first-order chi connectivity index (χ1) is 6.77. The summed E-state index contributed by atoms with van der Waals surface area (Å²) in [4.78, 5) is 8.19. The second-order valence-corrected chi connectivity index (χ2v) is 3.75. The number of aromatic nitrogens is 2. The number of rotatable bonds is 5. The van der Waals surface area contributed by atoms with Gasteiger partial charge in [-0.05, 0) is 22.4 Å². The maximum absolute atomic E-state index is 5.54. The van der Waals surface area contributed by atoms with E-state index in [1.807, 2.05) is 0 Å². The van der Waals surface area contributed by atoms with Gasteiger partial charge in [0.1, 0.15) is 0 Å². The van der Waals surface area contributed by atoms with Crippen LogP contribution in [0.1, 0.15) is 6.42 Å². The molecule has 0 spiro atoms. The fraction of sp³-hybridized carbons (Fsp3) is 0.500. The molecule has 0 radical (unpaired) electrons. The molecule has 1 aromatic rings. The Kier molecular flexibility index (Phi) is 4.97. The third-order valence-electron chi connectivity index (χ3n) is 1.50. The maximum atomic E-state index is 5.54. The van der Waals surface area contributed by atoms with Crippen LogP contribution >= 0.6 is 27.5 Å². The molecule has 1 heterocycles. The molecule has 6 heteroatoms. The minimum absolute atomic E-state index is 0.522. The molecule has 0 saturated heterocycles. The Bertz CT molecular complexity index is 298. The van der Waals surface area contributed by atoms with Gasteiger partial charge in [0, 0.05) is 12.4 Å². The summed E-state index contributed by atoms with van der Waals surface area (Å²) >= 11 is 8.81. The SMILES string of the molecule is COc1nc(NCCCCl)ncc1Br. The number of hydrogen-bond acceptors (Lipinski definition) is 4. The van der Waals surface area contributed by atoms with Gasteiger partial charge in [-0.15, -0.1) is 11.6 Å². The predicted octanol–water partition coefficient (Wildman–Crippen LogP) is 2.29. The van der Waals surface area contributed by atoms with E-state index in [1.54, 1.807) is 13.3 Å². The van der Waals surface area contributed by atoms with E-state index in [1.165, 1.54) is 0 Å². The van der Waals surface area contributed by atoms with Crippen molar-refractivity contribution < 1.29 is 4.74 Å². The van der Waals surface area contributed by atoms with Crippen LogP contribution in [0, 0.1) is 0 Å². The minimum Gasteiger partial charge on any atom is -0.480 e. The molecule has 0 unspecified atom stereocenters. The largest absolute Gasteiger partial charge is 0.480 e. The molecule has 0 fully saturated rings. The van der Waals surface area contributed by atoms with E-state index in [4.69, 9.17) is 16.3 Å². The molecular weight excluding hydrogens is 269 g/mol. The van der Waals surface area contributed by atoms with Gasteiger partial charge in [-0.25, -0.2) is 4.98 Å². The molecule has 4 nitrogen and oxygen atoms in total. The van der Waals surface area contributed by atoms with Crippen LogP contribution in [0.2, 0.25) is 0 Å². The van der Waals surface area contributed by atoms with Crippen molar-refractivity contribution >= 4 is 33.5 Å². The first-order valence-electron chi connectivity index (χ1n) is 4.14. The summed E-state index contributed by atoms with van der Waals surface area (Å²) in [6, 6.07) is 0. The molecule has 0 saturated carbocycles.